The summed E-state index contributed by atoms with van der Waals surface area (Å²) in [6.45, 7) is 3.57. The number of amides is 1. The topological polar surface area (TPSA) is 97.4 Å². The van der Waals surface area contributed by atoms with Gasteiger partial charge in [0.1, 0.15) is 11.6 Å². The second-order valence-corrected chi connectivity index (χ2v) is 9.89. The predicted molar refractivity (Wildman–Crippen MR) is 116 cm³/mol. The van der Waals surface area contributed by atoms with Crippen LogP contribution in [0.4, 0.5) is 5.82 Å². The van der Waals surface area contributed by atoms with Gasteiger partial charge in [0.25, 0.3) is 0 Å². The number of aryl methyl sites for hydroxylation is 1. The average molecular weight is 443 g/mol. The summed E-state index contributed by atoms with van der Waals surface area (Å²) in [5, 5.41) is 7.15. The van der Waals surface area contributed by atoms with Crippen molar-refractivity contribution in [3.63, 3.8) is 0 Å². The average Bonchev–Trinajstić information content (AvgIpc) is 3.27. The molecule has 2 heterocycles. The highest BCUT2D eigenvalue weighted by Crippen LogP contribution is 2.40. The van der Waals surface area contributed by atoms with Crippen molar-refractivity contribution in [1.82, 2.24) is 14.1 Å². The van der Waals surface area contributed by atoms with Crippen LogP contribution in [-0.4, -0.2) is 35.0 Å². The van der Waals surface area contributed by atoms with E-state index in [0.717, 1.165) is 22.7 Å². The number of carbonyl (C=O) groups excluding carboxylic acids is 1. The van der Waals surface area contributed by atoms with E-state index in [1.54, 1.807) is 53.3 Å². The Hall–Kier alpha value is -2.91. The van der Waals surface area contributed by atoms with Crippen LogP contribution in [0.15, 0.2) is 64.2 Å². The number of carbonyl (C=O) groups is 1. The first-order chi connectivity index (χ1) is 14.8. The van der Waals surface area contributed by atoms with Gasteiger partial charge >= 0.3 is 0 Å². The largest absolute Gasteiger partial charge is 0.468 e. The number of aromatic nitrogens is 2. The van der Waals surface area contributed by atoms with Gasteiger partial charge in [-0.25, -0.2) is 13.1 Å². The van der Waals surface area contributed by atoms with Crippen molar-refractivity contribution in [3.8, 4) is 0 Å². The van der Waals surface area contributed by atoms with Gasteiger partial charge in [-0.05, 0) is 56.9 Å². The minimum absolute atomic E-state index is 0.0473. The lowest BCUT2D eigenvalue weighted by Gasteiger charge is -2.21. The maximum atomic E-state index is 13.3. The second kappa shape index (κ2) is 8.68. The van der Waals surface area contributed by atoms with E-state index in [9.17, 15) is 13.2 Å². The lowest BCUT2D eigenvalue weighted by Crippen LogP contribution is -2.37. The fourth-order valence-corrected chi connectivity index (χ4v) is 4.88. The number of hydrogen-bond acceptors (Lipinski definition) is 5. The zero-order valence-corrected chi connectivity index (χ0v) is 18.4. The van der Waals surface area contributed by atoms with Gasteiger partial charge in [0.15, 0.2) is 0 Å². The number of nitrogens with one attached hydrogen (secondary N) is 1. The molecule has 2 aromatic heterocycles. The predicted octanol–water partition coefficient (Wildman–Crippen LogP) is 3.59. The summed E-state index contributed by atoms with van der Waals surface area (Å²) >= 11 is 0. The van der Waals surface area contributed by atoms with Crippen molar-refractivity contribution in [2.45, 2.75) is 44.2 Å². The maximum absolute atomic E-state index is 13.3. The van der Waals surface area contributed by atoms with Crippen molar-refractivity contribution >= 4 is 21.7 Å². The molecule has 9 heteroatoms. The summed E-state index contributed by atoms with van der Waals surface area (Å²) in [5.74, 6) is 1.14. The Labute approximate surface area is 181 Å². The number of nitrogens with zero attached hydrogens (tertiary/aromatic N) is 3. The molecule has 0 saturated heterocycles. The Balaban J connectivity index is 1.54. The van der Waals surface area contributed by atoms with Crippen LogP contribution < -0.4 is 5.32 Å². The summed E-state index contributed by atoms with van der Waals surface area (Å²) in [7, 11) is -3.91. The normalized spacial score (nSPS) is 15.2. The third-order valence-electron chi connectivity index (χ3n) is 5.52. The molecule has 0 spiro atoms. The van der Waals surface area contributed by atoms with E-state index in [4.69, 9.17) is 4.42 Å². The van der Waals surface area contributed by atoms with E-state index in [1.807, 2.05) is 6.92 Å². The lowest BCUT2D eigenvalue weighted by atomic mass is 10.2. The van der Waals surface area contributed by atoms with E-state index < -0.39 is 15.9 Å². The smallest absolute Gasteiger partial charge is 0.243 e. The number of rotatable bonds is 9. The second-order valence-electron chi connectivity index (χ2n) is 7.95. The molecule has 1 fully saturated rings. The molecule has 4 rings (SSSR count). The van der Waals surface area contributed by atoms with Crippen LogP contribution in [0.1, 0.15) is 37.1 Å². The van der Waals surface area contributed by atoms with Gasteiger partial charge in [-0.3, -0.25) is 4.79 Å². The highest BCUT2D eigenvalue weighted by atomic mass is 32.2. The van der Waals surface area contributed by atoms with Gasteiger partial charge in [-0.1, -0.05) is 17.7 Å². The van der Waals surface area contributed by atoms with Crippen LogP contribution in [-0.2, 0) is 21.4 Å². The monoisotopic (exact) mass is 442 g/mol. The molecule has 0 radical (unpaired) electrons. The summed E-state index contributed by atoms with van der Waals surface area (Å²) in [4.78, 5) is 13.0. The highest BCUT2D eigenvalue weighted by molar-refractivity contribution is 7.89. The molecule has 1 saturated carbocycles. The Bertz CT molecular complexity index is 1130. The number of benzene rings is 1. The van der Waals surface area contributed by atoms with Gasteiger partial charge in [0, 0.05) is 6.07 Å². The summed E-state index contributed by atoms with van der Waals surface area (Å²) in [5.41, 5.74) is 0.951. The van der Waals surface area contributed by atoms with Crippen molar-refractivity contribution < 1.29 is 17.6 Å². The van der Waals surface area contributed by atoms with Crippen LogP contribution in [0, 0.1) is 12.8 Å². The van der Waals surface area contributed by atoms with E-state index >= 15 is 0 Å². The van der Waals surface area contributed by atoms with Crippen LogP contribution in [0.3, 0.4) is 0 Å². The molecule has 31 heavy (non-hydrogen) atoms. The van der Waals surface area contributed by atoms with Crippen molar-refractivity contribution in [1.29, 1.82) is 0 Å². The number of furan rings is 1. The number of sulfonamides is 1. The quantitative estimate of drug-likeness (QED) is 0.546. The third-order valence-corrected chi connectivity index (χ3v) is 7.32. The Kier molecular flexibility index (Phi) is 5.97. The van der Waals surface area contributed by atoms with Crippen molar-refractivity contribution in [2.24, 2.45) is 5.92 Å². The molecule has 1 aromatic carbocycles. The van der Waals surface area contributed by atoms with Crippen LogP contribution >= 0.6 is 0 Å². The molecular weight excluding hydrogens is 416 g/mol. The van der Waals surface area contributed by atoms with Gasteiger partial charge in [0.05, 0.1) is 36.5 Å². The van der Waals surface area contributed by atoms with Gasteiger partial charge < -0.3 is 9.73 Å². The Morgan fingerprint density at radius 3 is 2.65 bits per heavy atom. The van der Waals surface area contributed by atoms with Crippen molar-refractivity contribution in [3.05, 3.63) is 66.2 Å². The first-order valence-electron chi connectivity index (χ1n) is 10.3. The third kappa shape index (κ3) is 4.88. The van der Waals surface area contributed by atoms with E-state index in [2.05, 4.69) is 17.3 Å². The zero-order valence-electron chi connectivity index (χ0n) is 17.6. The van der Waals surface area contributed by atoms with E-state index in [0.29, 0.717) is 17.5 Å². The maximum Gasteiger partial charge on any atom is 0.243 e. The number of hydrogen-bond donors (Lipinski definition) is 1. The van der Waals surface area contributed by atoms with Gasteiger partial charge in [-0.2, -0.15) is 9.40 Å². The molecule has 164 valence electrons. The molecule has 1 unspecified atom stereocenters. The van der Waals surface area contributed by atoms with Crippen LogP contribution in [0.25, 0.3) is 0 Å². The molecule has 1 aliphatic carbocycles. The first kappa shape index (κ1) is 21.3. The molecule has 8 nitrogen and oxygen atoms in total. The molecule has 3 aromatic rings. The first-order valence-corrected chi connectivity index (χ1v) is 11.7. The summed E-state index contributed by atoms with van der Waals surface area (Å²) in [6.07, 6.45) is 5.42. The van der Waals surface area contributed by atoms with Gasteiger partial charge in [0.2, 0.25) is 15.9 Å². The molecule has 1 aliphatic rings. The summed E-state index contributed by atoms with van der Waals surface area (Å²) in [6, 6.07) is 11.8. The highest BCUT2D eigenvalue weighted by Gasteiger charge is 2.31. The molecule has 1 N–H and O–H groups in total. The molecule has 1 amide bonds. The Morgan fingerprint density at radius 1 is 1.26 bits per heavy atom. The fraction of sp³-hybridized carbons (Fsp3) is 0.364. The van der Waals surface area contributed by atoms with E-state index in [1.165, 1.54) is 6.26 Å². The molecule has 0 aliphatic heterocycles. The van der Waals surface area contributed by atoms with Crippen LogP contribution in [0.5, 0.6) is 0 Å². The fourth-order valence-electron chi connectivity index (χ4n) is 3.52. The zero-order chi connectivity index (χ0) is 22.0. The van der Waals surface area contributed by atoms with Gasteiger partial charge in [-0.15, -0.1) is 0 Å². The molecular formula is C22H26N4O4S. The Morgan fingerprint density at radius 2 is 2.00 bits per heavy atom. The van der Waals surface area contributed by atoms with Crippen molar-refractivity contribution in [2.75, 3.05) is 11.9 Å². The minimum atomic E-state index is -3.91. The lowest BCUT2D eigenvalue weighted by molar-refractivity contribution is -0.116. The standard InChI is InChI=1S/C22H26N4O4S/c1-16-5-9-20(10-6-16)31(28,29)25(14-19-4-3-13-30-19)15-22(27)24-21-11-12-23-26(21)17(2)18-7-8-18/h3-6,9-13,17-18H,7-8,14-15H2,1-2H3,(H,24,27). The molecule has 1 atom stereocenters. The molecule has 0 bridgehead atoms. The number of anilines is 1. The van der Waals surface area contributed by atoms with E-state index in [-0.39, 0.29) is 24.0 Å². The SMILES string of the molecule is Cc1ccc(S(=O)(=O)N(CC(=O)Nc2ccnn2C(C)C2CC2)Cc2ccco2)cc1. The summed E-state index contributed by atoms with van der Waals surface area (Å²) < 4.78 is 34.8. The minimum Gasteiger partial charge on any atom is -0.468 e. The van der Waals surface area contributed by atoms with Crippen LogP contribution in [0.2, 0.25) is 0 Å².